The van der Waals surface area contributed by atoms with Gasteiger partial charge < -0.3 is 11.1 Å². The van der Waals surface area contributed by atoms with Gasteiger partial charge in [0.15, 0.2) is 5.82 Å². The van der Waals surface area contributed by atoms with Gasteiger partial charge in [-0.05, 0) is 30.3 Å². The number of hydrogen-bond donors (Lipinski definition) is 3. The van der Waals surface area contributed by atoms with Gasteiger partial charge in [-0.15, -0.1) is 24.0 Å². The third-order valence-electron chi connectivity index (χ3n) is 4.11. The summed E-state index contributed by atoms with van der Waals surface area (Å²) in [5, 5.41) is 22.7. The molecule has 0 atom stereocenters. The lowest BCUT2D eigenvalue weighted by Gasteiger charge is -2.11. The number of halogens is 5. The molecule has 0 unspecified atom stereocenters. The van der Waals surface area contributed by atoms with E-state index in [0.29, 0.717) is 4.68 Å². The van der Waals surface area contributed by atoms with Crippen LogP contribution in [0.4, 0.5) is 28.9 Å². The number of rotatable bonds is 5. The van der Waals surface area contributed by atoms with Crippen LogP contribution in [0.3, 0.4) is 0 Å². The molecule has 0 radical (unpaired) electrons. The molecule has 7 nitrogen and oxygen atoms in total. The van der Waals surface area contributed by atoms with Gasteiger partial charge in [0.25, 0.3) is 5.91 Å². The van der Waals surface area contributed by atoms with Crippen molar-refractivity contribution in [3.8, 4) is 6.07 Å². The van der Waals surface area contributed by atoms with E-state index in [-0.39, 0.29) is 55.0 Å². The number of carbonyl (C=O) groups is 1. The molecule has 1 heterocycles. The van der Waals surface area contributed by atoms with Gasteiger partial charge >= 0.3 is 6.55 Å². The van der Waals surface area contributed by atoms with Gasteiger partial charge in [0.2, 0.25) is 0 Å². The Balaban J connectivity index is 0.00000341. The van der Waals surface area contributed by atoms with Gasteiger partial charge in [0.1, 0.15) is 17.4 Å². The van der Waals surface area contributed by atoms with Gasteiger partial charge in [0.05, 0.1) is 17.5 Å². The van der Waals surface area contributed by atoms with E-state index in [1.165, 1.54) is 24.3 Å². The molecule has 0 bridgehead atoms. The Kier molecular flexibility index (Phi) is 7.34. The summed E-state index contributed by atoms with van der Waals surface area (Å²) in [4.78, 5) is 12.4. The van der Waals surface area contributed by atoms with Gasteiger partial charge in [-0.2, -0.15) is 19.1 Å². The lowest BCUT2D eigenvalue weighted by atomic mass is 10.0. The molecule has 0 aliphatic heterocycles. The number of nitrogen functional groups attached to an aromatic ring is 1. The Morgan fingerprint density at radius 3 is 2.61 bits per heavy atom. The second kappa shape index (κ2) is 9.56. The second-order valence-corrected chi connectivity index (χ2v) is 6.01. The van der Waals surface area contributed by atoms with Crippen molar-refractivity contribution in [3.63, 3.8) is 0 Å². The van der Waals surface area contributed by atoms with Crippen molar-refractivity contribution in [2.45, 2.75) is 6.55 Å². The van der Waals surface area contributed by atoms with Crippen LogP contribution < -0.4 is 11.1 Å². The molecule has 12 heteroatoms. The lowest BCUT2D eigenvalue weighted by molar-refractivity contribution is 0.0566. The predicted octanol–water partition coefficient (Wildman–Crippen LogP) is 4.79. The third-order valence-corrected chi connectivity index (χ3v) is 4.11. The van der Waals surface area contributed by atoms with Crippen LogP contribution in [0.1, 0.15) is 36.5 Å². The van der Waals surface area contributed by atoms with Gasteiger partial charge in [-0.3, -0.25) is 10.2 Å². The van der Waals surface area contributed by atoms with Crippen molar-refractivity contribution in [1.29, 1.82) is 10.7 Å². The van der Waals surface area contributed by atoms with Gasteiger partial charge in [0, 0.05) is 31.6 Å². The van der Waals surface area contributed by atoms with Crippen molar-refractivity contribution < 1.29 is 25.2 Å². The average Bonchev–Trinajstić information content (AvgIpc) is 3.20. The van der Waals surface area contributed by atoms with Crippen LogP contribution in [0.5, 0.6) is 0 Å². The molecule has 0 fully saturated rings. The third kappa shape index (κ3) is 4.82. The topological polar surface area (TPSA) is 121 Å². The monoisotopic (exact) mass is 548 g/mol. The fraction of sp³-hybridized carbons (Fsp3) is 0.0526. The minimum absolute atomic E-state index is 0. The zero-order valence-corrected chi connectivity index (χ0v) is 17.7. The highest BCUT2D eigenvalue weighted by Crippen LogP contribution is 2.24. The Bertz CT molecular complexity index is 1220. The summed E-state index contributed by atoms with van der Waals surface area (Å²) in [5.41, 5.74) is 4.41. The van der Waals surface area contributed by atoms with Crippen LogP contribution >= 0.6 is 24.0 Å². The van der Waals surface area contributed by atoms with Crippen LogP contribution in [-0.4, -0.2) is 21.4 Å². The maximum absolute atomic E-state index is 14.2. The lowest BCUT2D eigenvalue weighted by Crippen LogP contribution is -2.17. The molecule has 0 saturated carbocycles. The number of alkyl halides is 2. The van der Waals surface area contributed by atoms with Gasteiger partial charge in [-0.1, -0.05) is 0 Å². The van der Waals surface area contributed by atoms with E-state index >= 15 is 0 Å². The molecular weight excluding hydrogens is 531 g/mol. The van der Waals surface area contributed by atoms with E-state index in [4.69, 9.17) is 16.4 Å². The molecule has 0 aliphatic carbocycles. The Hall–Kier alpha value is -3.47. The molecule has 0 spiro atoms. The highest BCUT2D eigenvalue weighted by Gasteiger charge is 2.21. The molecule has 31 heavy (non-hydrogen) atoms. The number of nitrogens with two attached hydrogens (primary N) is 1. The van der Waals surface area contributed by atoms with Crippen molar-refractivity contribution >= 4 is 47.0 Å². The highest BCUT2D eigenvalue weighted by molar-refractivity contribution is 14.0. The first-order chi connectivity index (χ1) is 14.2. The summed E-state index contributed by atoms with van der Waals surface area (Å²) >= 11 is 0. The molecular formula is C19H17F4IN6O. The molecule has 2 aromatic carbocycles. The number of amides is 1. The Morgan fingerprint density at radius 2 is 2.00 bits per heavy atom. The number of hydrogen-bond acceptors (Lipinski definition) is 5. The number of benzene rings is 2. The standard InChI is InChI=1S/C19H12F4N6O.HI.2H2/c20-13-3-1-9(6-24)16(21)15(13)18(30)28-11-2-4-14(25)12(5-11)17(26)10-7-27-29(8-10)19(22)23;;;/h1-5,7-8,19,26H,25H2,(H,28,30);3*1H. The first kappa shape index (κ1) is 23.8. The number of nitriles is 1. The maximum atomic E-state index is 14.2. The summed E-state index contributed by atoms with van der Waals surface area (Å²) in [6.07, 6.45) is 2.01. The van der Waals surface area contributed by atoms with Crippen molar-refractivity contribution in [2.24, 2.45) is 0 Å². The Labute approximate surface area is 193 Å². The number of carbonyl (C=O) groups excluding carboxylic acids is 1. The van der Waals surface area contributed by atoms with Crippen LogP contribution in [0.15, 0.2) is 42.7 Å². The first-order valence-corrected chi connectivity index (χ1v) is 8.23. The Morgan fingerprint density at radius 1 is 1.29 bits per heavy atom. The minimum Gasteiger partial charge on any atom is -0.398 e. The van der Waals surface area contributed by atoms with E-state index in [9.17, 15) is 22.4 Å². The zero-order chi connectivity index (χ0) is 22.0. The molecule has 164 valence electrons. The SMILES string of the molecule is I.N#Cc1ccc(F)c(C(=O)Nc2ccc(N)c(C(=N)c3cnn(C(F)F)c3)c2)c1F.[HH].[HH]. The minimum atomic E-state index is -2.89. The summed E-state index contributed by atoms with van der Waals surface area (Å²) in [5.74, 6) is -3.63. The number of aromatic nitrogens is 2. The van der Waals surface area contributed by atoms with Crippen LogP contribution in [0.2, 0.25) is 0 Å². The average molecular weight is 548 g/mol. The summed E-state index contributed by atoms with van der Waals surface area (Å²) in [6.45, 7) is -2.89. The fourth-order valence-corrected chi connectivity index (χ4v) is 2.62. The van der Waals surface area contributed by atoms with Crippen LogP contribution in [0.25, 0.3) is 0 Å². The number of anilines is 2. The van der Waals surface area contributed by atoms with Gasteiger partial charge in [-0.25, -0.2) is 13.5 Å². The van der Waals surface area contributed by atoms with E-state index < -0.39 is 35.2 Å². The van der Waals surface area contributed by atoms with Crippen molar-refractivity contribution in [2.75, 3.05) is 11.1 Å². The quantitative estimate of drug-likeness (QED) is 0.184. The molecule has 0 saturated heterocycles. The summed E-state index contributed by atoms with van der Waals surface area (Å²) < 4.78 is 53.9. The van der Waals surface area contributed by atoms with Crippen molar-refractivity contribution in [3.05, 3.63) is 76.6 Å². The fourth-order valence-electron chi connectivity index (χ4n) is 2.62. The maximum Gasteiger partial charge on any atom is 0.333 e. The molecule has 3 aromatic rings. The van der Waals surface area contributed by atoms with E-state index in [0.717, 1.165) is 24.5 Å². The normalized spacial score (nSPS) is 10.3. The second-order valence-electron chi connectivity index (χ2n) is 6.01. The first-order valence-electron chi connectivity index (χ1n) is 8.23. The largest absolute Gasteiger partial charge is 0.398 e. The molecule has 3 rings (SSSR count). The molecule has 1 amide bonds. The van der Waals surface area contributed by atoms with Crippen molar-refractivity contribution in [1.82, 2.24) is 9.78 Å². The summed E-state index contributed by atoms with van der Waals surface area (Å²) in [6, 6.07) is 7.12. The van der Waals surface area contributed by atoms with E-state index in [1.807, 2.05) is 0 Å². The predicted molar refractivity (Wildman–Crippen MR) is 119 cm³/mol. The smallest absolute Gasteiger partial charge is 0.333 e. The zero-order valence-electron chi connectivity index (χ0n) is 15.4. The highest BCUT2D eigenvalue weighted by atomic mass is 127. The van der Waals surface area contributed by atoms with E-state index in [1.54, 1.807) is 0 Å². The molecule has 1 aromatic heterocycles. The van der Waals surface area contributed by atoms with Crippen LogP contribution in [-0.2, 0) is 0 Å². The summed E-state index contributed by atoms with van der Waals surface area (Å²) in [7, 11) is 0. The number of nitrogens with one attached hydrogen (secondary N) is 2. The molecule has 4 N–H and O–H groups in total. The molecule has 0 aliphatic rings. The van der Waals surface area contributed by atoms with E-state index in [2.05, 4.69) is 10.4 Å². The number of nitrogens with zero attached hydrogens (tertiary/aromatic N) is 3. The van der Waals surface area contributed by atoms with Crippen LogP contribution in [0, 0.1) is 28.4 Å².